The van der Waals surface area contributed by atoms with Crippen LogP contribution in [0.1, 0.15) is 21.7 Å². The lowest BCUT2D eigenvalue weighted by Crippen LogP contribution is -2.10. The van der Waals surface area contributed by atoms with Crippen LogP contribution < -0.4 is 0 Å². The summed E-state index contributed by atoms with van der Waals surface area (Å²) in [6, 6.07) is 2.49. The molecule has 0 saturated carbocycles. The number of aryl methyl sites for hydroxylation is 1. The zero-order chi connectivity index (χ0) is 15.8. The van der Waals surface area contributed by atoms with Gasteiger partial charge in [0.1, 0.15) is 5.75 Å². The number of aromatic nitrogens is 4. The Hall–Kier alpha value is -1.81. The van der Waals surface area contributed by atoms with Crippen LogP contribution in [0.15, 0.2) is 21.5 Å². The highest BCUT2D eigenvalue weighted by Gasteiger charge is 2.23. The average molecular weight is 375 g/mol. The van der Waals surface area contributed by atoms with Gasteiger partial charge in [0.2, 0.25) is 0 Å². The van der Waals surface area contributed by atoms with Crippen molar-refractivity contribution >= 4 is 31.7 Å². The van der Waals surface area contributed by atoms with E-state index in [0.717, 1.165) is 10.9 Å². The lowest BCUT2D eigenvalue weighted by molar-refractivity contribution is 0.0696. The molecule has 0 aliphatic carbocycles. The molecule has 0 unspecified atom stereocenters. The normalized spacial score (nSPS) is 11.6. The van der Waals surface area contributed by atoms with Gasteiger partial charge < -0.3 is 5.11 Å². The van der Waals surface area contributed by atoms with Gasteiger partial charge in [0.25, 0.3) is 0 Å². The molecule has 1 N–H and O–H groups in total. The van der Waals surface area contributed by atoms with E-state index in [1.807, 2.05) is 0 Å². The largest absolute Gasteiger partial charge is 0.478 e. The van der Waals surface area contributed by atoms with Crippen LogP contribution in [0.25, 0.3) is 0 Å². The first-order valence-corrected chi connectivity index (χ1v) is 8.14. The van der Waals surface area contributed by atoms with Gasteiger partial charge in [-0.25, -0.2) is 13.2 Å². The van der Waals surface area contributed by atoms with E-state index in [1.54, 1.807) is 6.92 Å². The molecule has 8 nitrogen and oxygen atoms in total. The number of aromatic carboxylic acids is 1. The van der Waals surface area contributed by atoms with Gasteiger partial charge in [-0.2, -0.15) is 4.80 Å². The Morgan fingerprint density at radius 1 is 1.43 bits per heavy atom. The van der Waals surface area contributed by atoms with Crippen molar-refractivity contribution < 1.29 is 18.3 Å². The Labute approximate surface area is 128 Å². The topological polar surface area (TPSA) is 115 Å². The number of halogens is 1. The zero-order valence-corrected chi connectivity index (χ0v) is 13.5. The molecule has 1 aromatic carbocycles. The van der Waals surface area contributed by atoms with Gasteiger partial charge in [-0.15, -0.1) is 10.2 Å². The lowest BCUT2D eigenvalue weighted by Gasteiger charge is -2.09. The minimum atomic E-state index is -3.78. The molecule has 0 aliphatic heterocycles. The summed E-state index contributed by atoms with van der Waals surface area (Å²) in [5, 5.41) is 20.0. The van der Waals surface area contributed by atoms with Crippen molar-refractivity contribution in [3.63, 3.8) is 0 Å². The maximum Gasteiger partial charge on any atom is 0.335 e. The van der Waals surface area contributed by atoms with Crippen LogP contribution in [-0.4, -0.2) is 39.7 Å². The molecule has 0 spiro atoms. The van der Waals surface area contributed by atoms with Crippen molar-refractivity contribution in [3.05, 3.63) is 33.6 Å². The SMILES string of the molecule is Cc1c(Br)cc(C(=O)O)cc1S(=O)(=O)Cc1nnn(C)n1. The Morgan fingerprint density at radius 3 is 2.62 bits per heavy atom. The summed E-state index contributed by atoms with van der Waals surface area (Å²) < 4.78 is 25.3. The average Bonchev–Trinajstić information content (AvgIpc) is 2.76. The highest BCUT2D eigenvalue weighted by molar-refractivity contribution is 9.10. The third-order valence-corrected chi connectivity index (χ3v) is 5.30. The smallest absolute Gasteiger partial charge is 0.335 e. The Bertz CT molecular complexity index is 816. The molecule has 2 rings (SSSR count). The van der Waals surface area contributed by atoms with Gasteiger partial charge >= 0.3 is 5.97 Å². The molecule has 112 valence electrons. The predicted molar refractivity (Wildman–Crippen MR) is 75.5 cm³/mol. The van der Waals surface area contributed by atoms with Gasteiger partial charge in [0.05, 0.1) is 17.5 Å². The van der Waals surface area contributed by atoms with Crippen molar-refractivity contribution in [1.82, 2.24) is 20.2 Å². The molecule has 0 fully saturated rings. The molecule has 10 heteroatoms. The first-order chi connectivity index (χ1) is 9.70. The standard InChI is InChI=1S/C11H11BrN4O4S/c1-6-8(12)3-7(11(17)18)4-9(6)21(19,20)5-10-13-15-16(2)14-10/h3-4H,5H2,1-2H3,(H,17,18). The number of rotatable bonds is 4. The van der Waals surface area contributed by atoms with Crippen molar-refractivity contribution in [2.45, 2.75) is 17.6 Å². The van der Waals surface area contributed by atoms with E-state index in [1.165, 1.54) is 13.1 Å². The second-order valence-electron chi connectivity index (χ2n) is 4.34. The van der Waals surface area contributed by atoms with E-state index < -0.39 is 21.6 Å². The van der Waals surface area contributed by atoms with Crippen LogP contribution in [0.4, 0.5) is 0 Å². The van der Waals surface area contributed by atoms with Gasteiger partial charge in [-0.05, 0) is 29.8 Å². The summed E-state index contributed by atoms with van der Waals surface area (Å²) in [4.78, 5) is 12.1. The maximum atomic E-state index is 12.4. The molecule has 0 amide bonds. The van der Waals surface area contributed by atoms with E-state index in [4.69, 9.17) is 5.11 Å². The zero-order valence-electron chi connectivity index (χ0n) is 11.1. The molecular weight excluding hydrogens is 364 g/mol. The van der Waals surface area contributed by atoms with Crippen molar-refractivity contribution in [3.8, 4) is 0 Å². The van der Waals surface area contributed by atoms with Gasteiger partial charge in [-0.3, -0.25) is 0 Å². The van der Waals surface area contributed by atoms with Gasteiger partial charge in [0.15, 0.2) is 15.7 Å². The number of sulfone groups is 1. The molecule has 21 heavy (non-hydrogen) atoms. The highest BCUT2D eigenvalue weighted by atomic mass is 79.9. The van der Waals surface area contributed by atoms with E-state index in [-0.39, 0.29) is 16.3 Å². The third kappa shape index (κ3) is 3.27. The summed E-state index contributed by atoms with van der Waals surface area (Å²) in [6.45, 7) is 1.59. The van der Waals surface area contributed by atoms with E-state index in [9.17, 15) is 13.2 Å². The lowest BCUT2D eigenvalue weighted by atomic mass is 10.1. The van der Waals surface area contributed by atoms with Crippen LogP contribution in [0.3, 0.4) is 0 Å². The predicted octanol–water partition coefficient (Wildman–Crippen LogP) is 0.953. The van der Waals surface area contributed by atoms with Crippen LogP contribution in [0.5, 0.6) is 0 Å². The number of nitrogens with zero attached hydrogens (tertiary/aromatic N) is 4. The first-order valence-electron chi connectivity index (χ1n) is 5.70. The van der Waals surface area contributed by atoms with Gasteiger partial charge in [0, 0.05) is 4.47 Å². The molecule has 0 bridgehead atoms. The Kier molecular flexibility index (Phi) is 4.10. The molecule has 1 aromatic heterocycles. The minimum absolute atomic E-state index is 0.0498. The number of carboxylic acids is 1. The van der Waals surface area contributed by atoms with Crippen LogP contribution in [0.2, 0.25) is 0 Å². The summed E-state index contributed by atoms with van der Waals surface area (Å²) in [5.41, 5.74) is 0.321. The summed E-state index contributed by atoms with van der Waals surface area (Å²) in [6.07, 6.45) is 0. The fraction of sp³-hybridized carbons (Fsp3) is 0.273. The quantitative estimate of drug-likeness (QED) is 0.846. The third-order valence-electron chi connectivity index (χ3n) is 2.75. The fourth-order valence-electron chi connectivity index (χ4n) is 1.73. The molecule has 0 atom stereocenters. The maximum absolute atomic E-state index is 12.4. The Morgan fingerprint density at radius 2 is 2.10 bits per heavy atom. The molecular formula is C11H11BrN4O4S. The van der Waals surface area contributed by atoms with Crippen LogP contribution in [-0.2, 0) is 22.6 Å². The van der Waals surface area contributed by atoms with Crippen molar-refractivity contribution in [2.75, 3.05) is 0 Å². The minimum Gasteiger partial charge on any atom is -0.478 e. The monoisotopic (exact) mass is 374 g/mol. The van der Waals surface area contributed by atoms with Crippen molar-refractivity contribution in [2.24, 2.45) is 7.05 Å². The first kappa shape index (κ1) is 15.6. The van der Waals surface area contributed by atoms with Gasteiger partial charge in [-0.1, -0.05) is 15.9 Å². The number of benzene rings is 1. The second kappa shape index (κ2) is 5.53. The van der Waals surface area contributed by atoms with E-state index >= 15 is 0 Å². The summed E-state index contributed by atoms with van der Waals surface area (Å²) >= 11 is 3.17. The fourth-order valence-corrected chi connectivity index (χ4v) is 3.81. The van der Waals surface area contributed by atoms with Crippen molar-refractivity contribution in [1.29, 1.82) is 0 Å². The Balaban J connectivity index is 2.51. The number of hydrogen-bond donors (Lipinski definition) is 1. The van der Waals surface area contributed by atoms with Crippen LogP contribution in [0, 0.1) is 6.92 Å². The number of carboxylic acid groups (broad SMARTS) is 1. The van der Waals surface area contributed by atoms with E-state index in [0.29, 0.717) is 10.0 Å². The molecule has 0 saturated heterocycles. The highest BCUT2D eigenvalue weighted by Crippen LogP contribution is 2.27. The molecule has 2 aromatic rings. The molecule has 0 radical (unpaired) electrons. The van der Waals surface area contributed by atoms with Crippen LogP contribution >= 0.6 is 15.9 Å². The summed E-state index contributed by atoms with van der Waals surface area (Å²) in [7, 11) is -2.26. The summed E-state index contributed by atoms with van der Waals surface area (Å²) in [5.74, 6) is -1.60. The number of carbonyl (C=O) groups is 1. The number of hydrogen-bond acceptors (Lipinski definition) is 6. The van der Waals surface area contributed by atoms with E-state index in [2.05, 4.69) is 31.3 Å². The second-order valence-corrected chi connectivity index (χ2v) is 7.15. The molecule has 1 heterocycles. The molecule has 0 aliphatic rings. The number of tetrazole rings is 1.